The summed E-state index contributed by atoms with van der Waals surface area (Å²) in [5.41, 5.74) is -2.70. The van der Waals surface area contributed by atoms with Crippen molar-refractivity contribution in [3.8, 4) is 5.75 Å². The average molecular weight is 324 g/mol. The minimum absolute atomic E-state index is 0.353. The summed E-state index contributed by atoms with van der Waals surface area (Å²) in [5.74, 6) is 0.100. The SMILES string of the molecule is CC(C)(C=C(F)B1OC(C)(C)C(C)(C)O1)Oc1ccc(F)cc1. The highest BCUT2D eigenvalue weighted by molar-refractivity contribution is 6.53. The molecule has 3 nitrogen and oxygen atoms in total. The number of ether oxygens (including phenoxy) is 1. The maximum atomic E-state index is 14.5. The molecule has 0 atom stereocenters. The van der Waals surface area contributed by atoms with Crippen molar-refractivity contribution in [1.29, 1.82) is 0 Å². The van der Waals surface area contributed by atoms with Gasteiger partial charge < -0.3 is 14.0 Å². The third kappa shape index (κ3) is 4.12. The number of rotatable bonds is 4. The molecule has 2 rings (SSSR count). The van der Waals surface area contributed by atoms with Crippen LogP contribution in [0.1, 0.15) is 41.5 Å². The molecule has 1 aromatic rings. The van der Waals surface area contributed by atoms with Crippen molar-refractivity contribution in [2.75, 3.05) is 0 Å². The molecule has 23 heavy (non-hydrogen) atoms. The van der Waals surface area contributed by atoms with Gasteiger partial charge in [-0.05, 0) is 71.9 Å². The van der Waals surface area contributed by atoms with Gasteiger partial charge in [-0.1, -0.05) is 0 Å². The lowest BCUT2D eigenvalue weighted by atomic mass is 9.85. The molecule has 0 unspecified atom stereocenters. The van der Waals surface area contributed by atoms with Gasteiger partial charge in [0.2, 0.25) is 0 Å². The van der Waals surface area contributed by atoms with Crippen molar-refractivity contribution in [3.63, 3.8) is 0 Å². The largest absolute Gasteiger partial charge is 0.525 e. The van der Waals surface area contributed by atoms with E-state index >= 15 is 0 Å². The van der Waals surface area contributed by atoms with Gasteiger partial charge in [-0.25, -0.2) is 8.78 Å². The van der Waals surface area contributed by atoms with Crippen LogP contribution in [0.2, 0.25) is 0 Å². The minimum atomic E-state index is -1.06. The summed E-state index contributed by atoms with van der Waals surface area (Å²) >= 11 is 0. The van der Waals surface area contributed by atoms with Crippen LogP contribution in [-0.4, -0.2) is 23.9 Å². The second-order valence-electron chi connectivity index (χ2n) is 7.28. The molecular formula is C17H23BF2O3. The molecule has 0 saturated carbocycles. The van der Waals surface area contributed by atoms with Gasteiger partial charge in [0, 0.05) is 0 Å². The van der Waals surface area contributed by atoms with Crippen molar-refractivity contribution < 1.29 is 22.8 Å². The van der Waals surface area contributed by atoms with E-state index in [-0.39, 0.29) is 5.82 Å². The zero-order chi connectivity index (χ0) is 17.5. The summed E-state index contributed by atoms with van der Waals surface area (Å²) in [7, 11) is -1.06. The molecule has 0 radical (unpaired) electrons. The first-order valence-electron chi connectivity index (χ1n) is 7.60. The Morgan fingerprint density at radius 3 is 2.04 bits per heavy atom. The molecule has 1 aliphatic heterocycles. The van der Waals surface area contributed by atoms with E-state index in [1.165, 1.54) is 30.3 Å². The third-order valence-electron chi connectivity index (χ3n) is 4.16. The molecule has 0 aliphatic carbocycles. The maximum absolute atomic E-state index is 14.5. The summed E-state index contributed by atoms with van der Waals surface area (Å²) in [6.45, 7) is 10.9. The van der Waals surface area contributed by atoms with Crippen LogP contribution in [0.3, 0.4) is 0 Å². The zero-order valence-electron chi connectivity index (χ0n) is 14.4. The van der Waals surface area contributed by atoms with Gasteiger partial charge >= 0.3 is 7.12 Å². The third-order valence-corrected chi connectivity index (χ3v) is 4.16. The number of hydrogen-bond donors (Lipinski definition) is 0. The van der Waals surface area contributed by atoms with Crippen LogP contribution in [0.15, 0.2) is 36.1 Å². The number of hydrogen-bond acceptors (Lipinski definition) is 3. The fourth-order valence-corrected chi connectivity index (χ4v) is 2.19. The molecule has 1 aromatic carbocycles. The van der Waals surface area contributed by atoms with Gasteiger partial charge in [0.1, 0.15) is 22.9 Å². The normalized spacial score (nSPS) is 20.7. The van der Waals surface area contributed by atoms with E-state index in [4.69, 9.17) is 14.0 Å². The molecule has 126 valence electrons. The molecule has 1 fully saturated rings. The Morgan fingerprint density at radius 2 is 1.57 bits per heavy atom. The summed E-state index contributed by atoms with van der Waals surface area (Å²) in [6, 6.07) is 5.58. The van der Waals surface area contributed by atoms with E-state index in [0.29, 0.717) is 5.75 Å². The van der Waals surface area contributed by atoms with E-state index in [2.05, 4.69) is 0 Å². The zero-order valence-corrected chi connectivity index (χ0v) is 14.4. The molecule has 0 spiro atoms. The first kappa shape index (κ1) is 18.0. The second-order valence-corrected chi connectivity index (χ2v) is 7.28. The van der Waals surface area contributed by atoms with Gasteiger partial charge in [-0.2, -0.15) is 0 Å². The smallest absolute Gasteiger partial charge is 0.484 e. The fraction of sp³-hybridized carbons (Fsp3) is 0.529. The predicted molar refractivity (Wildman–Crippen MR) is 86.4 cm³/mol. The molecule has 1 saturated heterocycles. The molecule has 0 bridgehead atoms. The number of benzene rings is 1. The topological polar surface area (TPSA) is 27.7 Å². The van der Waals surface area contributed by atoms with Gasteiger partial charge in [0.25, 0.3) is 0 Å². The Labute approximate surface area is 136 Å². The van der Waals surface area contributed by atoms with Gasteiger partial charge in [-0.15, -0.1) is 0 Å². The van der Waals surface area contributed by atoms with Crippen LogP contribution >= 0.6 is 0 Å². The lowest BCUT2D eigenvalue weighted by Crippen LogP contribution is -2.41. The second kappa shape index (κ2) is 5.91. The molecule has 1 aliphatic rings. The first-order chi connectivity index (χ1) is 10.4. The number of halogens is 2. The highest BCUT2D eigenvalue weighted by Crippen LogP contribution is 2.39. The molecule has 0 amide bonds. The maximum Gasteiger partial charge on any atom is 0.525 e. The Kier molecular flexibility index (Phi) is 4.61. The Bertz CT molecular complexity index is 578. The van der Waals surface area contributed by atoms with Crippen LogP contribution in [-0.2, 0) is 9.31 Å². The van der Waals surface area contributed by atoms with Crippen LogP contribution in [0.25, 0.3) is 0 Å². The molecular weight excluding hydrogens is 301 g/mol. The van der Waals surface area contributed by atoms with Crippen LogP contribution in [0, 0.1) is 5.82 Å². The molecule has 1 heterocycles. The minimum Gasteiger partial charge on any atom is -0.484 e. The average Bonchev–Trinajstić information content (AvgIpc) is 2.61. The molecule has 0 N–H and O–H groups in total. The van der Waals surface area contributed by atoms with Gasteiger partial charge in [0.05, 0.1) is 11.2 Å². The van der Waals surface area contributed by atoms with Crippen molar-refractivity contribution in [2.45, 2.75) is 58.3 Å². The Hall–Kier alpha value is -1.40. The van der Waals surface area contributed by atoms with Gasteiger partial charge in [-0.3, -0.25) is 0 Å². The van der Waals surface area contributed by atoms with Crippen LogP contribution in [0.4, 0.5) is 8.78 Å². The monoisotopic (exact) mass is 324 g/mol. The molecule has 0 aromatic heterocycles. The van der Waals surface area contributed by atoms with E-state index < -0.39 is 29.6 Å². The van der Waals surface area contributed by atoms with E-state index in [1.807, 2.05) is 27.7 Å². The molecule has 6 heteroatoms. The predicted octanol–water partition coefficient (Wildman–Crippen LogP) is 4.47. The van der Waals surface area contributed by atoms with E-state index in [0.717, 1.165) is 0 Å². The van der Waals surface area contributed by atoms with Gasteiger partial charge in [0.15, 0.2) is 0 Å². The summed E-state index contributed by atoms with van der Waals surface area (Å²) in [4.78, 5) is 0. The van der Waals surface area contributed by atoms with Crippen molar-refractivity contribution >= 4 is 7.12 Å². The highest BCUT2D eigenvalue weighted by Gasteiger charge is 2.53. The highest BCUT2D eigenvalue weighted by atomic mass is 19.1. The van der Waals surface area contributed by atoms with Crippen molar-refractivity contribution in [3.05, 3.63) is 41.9 Å². The Morgan fingerprint density at radius 1 is 1.09 bits per heavy atom. The Balaban J connectivity index is 2.11. The van der Waals surface area contributed by atoms with Crippen molar-refractivity contribution in [1.82, 2.24) is 0 Å². The lowest BCUT2D eigenvalue weighted by Gasteiger charge is -2.32. The fourth-order valence-electron chi connectivity index (χ4n) is 2.19. The van der Waals surface area contributed by atoms with E-state index in [9.17, 15) is 8.78 Å². The summed E-state index contributed by atoms with van der Waals surface area (Å²) < 4.78 is 44.5. The van der Waals surface area contributed by atoms with E-state index in [1.54, 1.807) is 13.8 Å². The summed E-state index contributed by atoms with van der Waals surface area (Å²) in [5, 5.41) is 0. The van der Waals surface area contributed by atoms with Crippen LogP contribution in [0.5, 0.6) is 5.75 Å². The quantitative estimate of drug-likeness (QED) is 0.765. The van der Waals surface area contributed by atoms with Crippen LogP contribution < -0.4 is 4.74 Å². The summed E-state index contributed by atoms with van der Waals surface area (Å²) in [6.07, 6.45) is 1.32. The first-order valence-corrected chi connectivity index (χ1v) is 7.60. The lowest BCUT2D eigenvalue weighted by molar-refractivity contribution is 0.00578. The standard InChI is InChI=1S/C17H23BF2O3/c1-15(2,21-13-9-7-12(19)8-10-13)11-14(20)18-22-16(3,4)17(5,6)23-18/h7-11H,1-6H3. The van der Waals surface area contributed by atoms with Crippen molar-refractivity contribution in [2.24, 2.45) is 0 Å².